The molecule has 19 heavy (non-hydrogen) atoms. The summed E-state index contributed by atoms with van der Waals surface area (Å²) >= 11 is 0. The number of hydrogen-bond donors (Lipinski definition) is 2. The zero-order chi connectivity index (χ0) is 13.7. The Kier molecular flexibility index (Phi) is 4.63. The number of nitrogens with two attached hydrogens (primary N) is 2. The maximum atomic E-state index is 11.2. The molecule has 2 rings (SSSR count). The summed E-state index contributed by atoms with van der Waals surface area (Å²) in [6, 6.07) is 7.46. The lowest BCUT2D eigenvalue weighted by Crippen LogP contribution is -2.42. The van der Waals surface area contributed by atoms with Gasteiger partial charge in [-0.25, -0.2) is 0 Å². The molecule has 1 aromatic carbocycles. The first-order valence-electron chi connectivity index (χ1n) is 6.66. The van der Waals surface area contributed by atoms with E-state index >= 15 is 0 Å². The van der Waals surface area contributed by atoms with E-state index in [4.69, 9.17) is 16.2 Å². The average Bonchev–Trinajstić information content (AvgIpc) is 2.41. The zero-order valence-corrected chi connectivity index (χ0v) is 11.0. The van der Waals surface area contributed by atoms with E-state index < -0.39 is 0 Å². The Bertz CT molecular complexity index is 436. The minimum Gasteiger partial charge on any atom is -0.490 e. The second-order valence-corrected chi connectivity index (χ2v) is 4.93. The molecular weight excluding hydrogens is 242 g/mol. The predicted octanol–water partition coefficient (Wildman–Crippen LogP) is 0.845. The first-order valence-corrected chi connectivity index (χ1v) is 6.66. The van der Waals surface area contributed by atoms with Gasteiger partial charge in [0.25, 0.3) is 0 Å². The highest BCUT2D eigenvalue weighted by molar-refractivity contribution is 5.76. The highest BCUT2D eigenvalue weighted by Gasteiger charge is 2.23. The summed E-state index contributed by atoms with van der Waals surface area (Å²) in [5.74, 6) is 0.499. The van der Waals surface area contributed by atoms with Crippen LogP contribution in [0.25, 0.3) is 0 Å². The van der Waals surface area contributed by atoms with Crippen molar-refractivity contribution in [3.63, 3.8) is 0 Å². The van der Waals surface area contributed by atoms with Crippen LogP contribution in [0.1, 0.15) is 12.8 Å². The van der Waals surface area contributed by atoms with E-state index in [-0.39, 0.29) is 11.8 Å². The summed E-state index contributed by atoms with van der Waals surface area (Å²) in [5, 5.41) is 0. The fourth-order valence-corrected chi connectivity index (χ4v) is 2.39. The summed E-state index contributed by atoms with van der Waals surface area (Å²) in [7, 11) is 0. The molecule has 1 unspecified atom stereocenters. The second-order valence-electron chi connectivity index (χ2n) is 4.93. The van der Waals surface area contributed by atoms with Gasteiger partial charge in [-0.15, -0.1) is 0 Å². The fraction of sp³-hybridized carbons (Fsp3) is 0.500. The monoisotopic (exact) mass is 263 g/mol. The van der Waals surface area contributed by atoms with E-state index in [1.54, 1.807) is 0 Å². The summed E-state index contributed by atoms with van der Waals surface area (Å²) in [5.41, 5.74) is 11.8. The quantitative estimate of drug-likeness (QED) is 0.771. The molecule has 5 heteroatoms. The van der Waals surface area contributed by atoms with Crippen LogP contribution in [0.3, 0.4) is 0 Å². The Morgan fingerprint density at radius 3 is 2.95 bits per heavy atom. The SMILES string of the molecule is NC(=O)C1CCCN(CCOc2ccccc2N)C1. The molecule has 1 atom stereocenters. The van der Waals surface area contributed by atoms with Gasteiger partial charge in [0.1, 0.15) is 12.4 Å². The van der Waals surface area contributed by atoms with Gasteiger partial charge in [0.05, 0.1) is 11.6 Å². The lowest BCUT2D eigenvalue weighted by atomic mass is 9.98. The number of ether oxygens (including phenoxy) is 1. The van der Waals surface area contributed by atoms with Gasteiger partial charge in [-0.2, -0.15) is 0 Å². The second kappa shape index (κ2) is 6.43. The normalized spacial score (nSPS) is 20.1. The Morgan fingerprint density at radius 1 is 1.42 bits per heavy atom. The average molecular weight is 263 g/mol. The van der Waals surface area contributed by atoms with Crippen LogP contribution < -0.4 is 16.2 Å². The summed E-state index contributed by atoms with van der Waals surface area (Å²) in [4.78, 5) is 13.4. The molecule has 1 fully saturated rings. The van der Waals surface area contributed by atoms with Gasteiger partial charge in [0, 0.05) is 13.1 Å². The van der Waals surface area contributed by atoms with Crippen molar-refractivity contribution in [2.45, 2.75) is 12.8 Å². The third-order valence-corrected chi connectivity index (χ3v) is 3.49. The molecule has 1 aliphatic rings. The molecule has 0 radical (unpaired) electrons. The van der Waals surface area contributed by atoms with E-state index in [9.17, 15) is 4.79 Å². The van der Waals surface area contributed by atoms with Crippen LogP contribution in [-0.4, -0.2) is 37.0 Å². The minimum atomic E-state index is -0.196. The molecule has 104 valence electrons. The number of primary amides is 1. The van der Waals surface area contributed by atoms with Crippen LogP contribution in [0.4, 0.5) is 5.69 Å². The molecule has 1 aliphatic heterocycles. The number of carbonyl (C=O) groups excluding carboxylic acids is 1. The van der Waals surface area contributed by atoms with Crippen molar-refractivity contribution in [1.82, 2.24) is 4.90 Å². The van der Waals surface area contributed by atoms with Crippen LogP contribution in [0.5, 0.6) is 5.75 Å². The van der Waals surface area contributed by atoms with Gasteiger partial charge < -0.3 is 16.2 Å². The van der Waals surface area contributed by atoms with Crippen molar-refractivity contribution >= 4 is 11.6 Å². The van der Waals surface area contributed by atoms with E-state index in [0.717, 1.165) is 32.5 Å². The fourth-order valence-electron chi connectivity index (χ4n) is 2.39. The molecule has 4 N–H and O–H groups in total. The Labute approximate surface area is 113 Å². The molecule has 5 nitrogen and oxygen atoms in total. The maximum Gasteiger partial charge on any atom is 0.221 e. The van der Waals surface area contributed by atoms with Gasteiger partial charge in [-0.05, 0) is 31.5 Å². The van der Waals surface area contributed by atoms with Crippen molar-refractivity contribution in [3.05, 3.63) is 24.3 Å². The van der Waals surface area contributed by atoms with Crippen LogP contribution in [0.15, 0.2) is 24.3 Å². The van der Waals surface area contributed by atoms with Crippen molar-refractivity contribution in [2.75, 3.05) is 32.0 Å². The molecule has 1 heterocycles. The van der Waals surface area contributed by atoms with Gasteiger partial charge in [0.15, 0.2) is 0 Å². The number of piperidine rings is 1. The van der Waals surface area contributed by atoms with Crippen molar-refractivity contribution in [2.24, 2.45) is 11.7 Å². The number of para-hydroxylation sites is 2. The van der Waals surface area contributed by atoms with E-state index in [0.29, 0.717) is 18.0 Å². The number of amides is 1. The Hall–Kier alpha value is -1.75. The Balaban J connectivity index is 1.77. The highest BCUT2D eigenvalue weighted by atomic mass is 16.5. The smallest absolute Gasteiger partial charge is 0.221 e. The molecule has 1 aromatic rings. The maximum absolute atomic E-state index is 11.2. The molecule has 1 amide bonds. The number of nitrogens with zero attached hydrogens (tertiary/aromatic N) is 1. The zero-order valence-electron chi connectivity index (χ0n) is 11.0. The largest absolute Gasteiger partial charge is 0.490 e. The van der Waals surface area contributed by atoms with Gasteiger partial charge in [-0.3, -0.25) is 9.69 Å². The molecular formula is C14H21N3O2. The Morgan fingerprint density at radius 2 is 2.21 bits per heavy atom. The summed E-state index contributed by atoms with van der Waals surface area (Å²) < 4.78 is 5.65. The van der Waals surface area contributed by atoms with Crippen LogP contribution in [-0.2, 0) is 4.79 Å². The van der Waals surface area contributed by atoms with E-state index in [2.05, 4.69) is 4.90 Å². The number of rotatable bonds is 5. The first kappa shape index (κ1) is 13.7. The number of nitrogen functional groups attached to an aromatic ring is 1. The minimum absolute atomic E-state index is 0.0180. The van der Waals surface area contributed by atoms with Crippen molar-refractivity contribution < 1.29 is 9.53 Å². The number of carbonyl (C=O) groups is 1. The summed E-state index contributed by atoms with van der Waals surface area (Å²) in [6.07, 6.45) is 1.92. The van der Waals surface area contributed by atoms with Crippen LogP contribution in [0.2, 0.25) is 0 Å². The van der Waals surface area contributed by atoms with Gasteiger partial charge in [-0.1, -0.05) is 12.1 Å². The first-order chi connectivity index (χ1) is 9.16. The molecule has 1 saturated heterocycles. The third kappa shape index (κ3) is 3.86. The molecule has 0 spiro atoms. The molecule has 0 bridgehead atoms. The molecule has 0 aliphatic carbocycles. The number of anilines is 1. The summed E-state index contributed by atoms with van der Waals surface area (Å²) in [6.45, 7) is 3.10. The topological polar surface area (TPSA) is 81.6 Å². The number of benzene rings is 1. The van der Waals surface area contributed by atoms with Gasteiger partial charge in [0.2, 0.25) is 5.91 Å². The lowest BCUT2D eigenvalue weighted by molar-refractivity contribution is -0.123. The van der Waals surface area contributed by atoms with Crippen LogP contribution in [0, 0.1) is 5.92 Å². The van der Waals surface area contributed by atoms with Gasteiger partial charge >= 0.3 is 0 Å². The standard InChI is InChI=1S/C14H21N3O2/c15-12-5-1-2-6-13(12)19-9-8-17-7-3-4-11(10-17)14(16)18/h1-2,5-6,11H,3-4,7-10,15H2,(H2,16,18). The number of hydrogen-bond acceptors (Lipinski definition) is 4. The van der Waals surface area contributed by atoms with Crippen molar-refractivity contribution in [1.29, 1.82) is 0 Å². The number of likely N-dealkylation sites (tertiary alicyclic amines) is 1. The lowest BCUT2D eigenvalue weighted by Gasteiger charge is -2.30. The van der Waals surface area contributed by atoms with Crippen LogP contribution >= 0.6 is 0 Å². The van der Waals surface area contributed by atoms with Crippen molar-refractivity contribution in [3.8, 4) is 5.75 Å². The molecule has 0 saturated carbocycles. The predicted molar refractivity (Wildman–Crippen MR) is 74.7 cm³/mol. The van der Waals surface area contributed by atoms with E-state index in [1.165, 1.54) is 0 Å². The highest BCUT2D eigenvalue weighted by Crippen LogP contribution is 2.20. The molecule has 0 aromatic heterocycles. The third-order valence-electron chi connectivity index (χ3n) is 3.49. The van der Waals surface area contributed by atoms with E-state index in [1.807, 2.05) is 24.3 Å².